The summed E-state index contributed by atoms with van der Waals surface area (Å²) in [6.07, 6.45) is 0.826. The zero-order valence-electron chi connectivity index (χ0n) is 11.2. The van der Waals surface area contributed by atoms with Gasteiger partial charge in [-0.2, -0.15) is 5.10 Å². The van der Waals surface area contributed by atoms with Crippen molar-refractivity contribution in [3.8, 4) is 0 Å². The lowest BCUT2D eigenvalue weighted by Crippen LogP contribution is -2.36. The molecule has 0 atom stereocenters. The number of rotatable bonds is 6. The molecule has 18 heavy (non-hydrogen) atoms. The monoisotopic (exact) mass is 256 g/mol. The van der Waals surface area contributed by atoms with Crippen molar-refractivity contribution in [1.82, 2.24) is 9.78 Å². The first-order chi connectivity index (χ1) is 8.32. The smallest absolute Gasteiger partial charge is 0.333 e. The van der Waals surface area contributed by atoms with Crippen molar-refractivity contribution in [2.24, 2.45) is 0 Å². The normalized spacial score (nSPS) is 11.6. The van der Waals surface area contributed by atoms with E-state index in [0.29, 0.717) is 18.1 Å². The minimum Gasteiger partial charge on any atom is -0.394 e. The fourth-order valence-corrected chi connectivity index (χ4v) is 1.65. The first-order valence-electron chi connectivity index (χ1n) is 5.93. The molecule has 0 amide bonds. The zero-order valence-corrected chi connectivity index (χ0v) is 11.2. The molecule has 0 spiro atoms. The molecule has 0 aromatic carbocycles. The third-order valence-corrected chi connectivity index (χ3v) is 2.57. The van der Waals surface area contributed by atoms with Gasteiger partial charge in [0.25, 0.3) is 0 Å². The molecule has 1 rings (SSSR count). The number of aryl methyl sites for hydroxylation is 2. The van der Waals surface area contributed by atoms with E-state index in [1.807, 2.05) is 6.92 Å². The van der Waals surface area contributed by atoms with Crippen LogP contribution in [-0.4, -0.2) is 32.0 Å². The van der Waals surface area contributed by atoms with Gasteiger partial charge < -0.3 is 10.4 Å². The Morgan fingerprint density at radius 3 is 2.61 bits per heavy atom. The Morgan fingerprint density at radius 2 is 2.17 bits per heavy atom. The SMILES string of the molecule is CCCn1nc(C)c([N+](=O)[O-])c1NC(C)(C)CO. The quantitative estimate of drug-likeness (QED) is 0.596. The van der Waals surface area contributed by atoms with Crippen LogP contribution < -0.4 is 5.32 Å². The van der Waals surface area contributed by atoms with E-state index in [1.165, 1.54) is 0 Å². The van der Waals surface area contributed by atoms with Gasteiger partial charge in [-0.25, -0.2) is 4.68 Å². The van der Waals surface area contributed by atoms with Crippen LogP contribution in [-0.2, 0) is 6.54 Å². The number of aliphatic hydroxyl groups excluding tert-OH is 1. The average molecular weight is 256 g/mol. The third-order valence-electron chi connectivity index (χ3n) is 2.57. The maximum Gasteiger partial charge on any atom is 0.333 e. The number of aromatic nitrogens is 2. The zero-order chi connectivity index (χ0) is 13.9. The van der Waals surface area contributed by atoms with Gasteiger partial charge in [-0.3, -0.25) is 10.1 Å². The molecule has 0 aliphatic heterocycles. The number of nitrogens with one attached hydrogen (secondary N) is 1. The highest BCUT2D eigenvalue weighted by Gasteiger charge is 2.29. The lowest BCUT2D eigenvalue weighted by atomic mass is 10.1. The molecule has 2 N–H and O–H groups in total. The molecule has 0 unspecified atom stereocenters. The van der Waals surface area contributed by atoms with E-state index in [-0.39, 0.29) is 12.3 Å². The number of nitrogens with zero attached hydrogens (tertiary/aromatic N) is 3. The molecule has 1 aromatic rings. The molecule has 0 bridgehead atoms. The van der Waals surface area contributed by atoms with Gasteiger partial charge in [0.1, 0.15) is 5.69 Å². The van der Waals surface area contributed by atoms with Crippen LogP contribution in [0.15, 0.2) is 0 Å². The van der Waals surface area contributed by atoms with Gasteiger partial charge in [-0.15, -0.1) is 0 Å². The number of nitro groups is 1. The highest BCUT2D eigenvalue weighted by atomic mass is 16.6. The van der Waals surface area contributed by atoms with Crippen LogP contribution in [0.2, 0.25) is 0 Å². The summed E-state index contributed by atoms with van der Waals surface area (Å²) in [6, 6.07) is 0. The predicted octanol–water partition coefficient (Wildman–Crippen LogP) is 1.69. The molecule has 7 heteroatoms. The van der Waals surface area contributed by atoms with Gasteiger partial charge >= 0.3 is 5.69 Å². The molecule has 0 aliphatic carbocycles. The van der Waals surface area contributed by atoms with E-state index in [1.54, 1.807) is 25.5 Å². The van der Waals surface area contributed by atoms with Crippen molar-refractivity contribution in [2.45, 2.75) is 46.2 Å². The Balaban J connectivity index is 3.23. The van der Waals surface area contributed by atoms with Crippen molar-refractivity contribution in [3.63, 3.8) is 0 Å². The molecule has 7 nitrogen and oxygen atoms in total. The van der Waals surface area contributed by atoms with Crippen LogP contribution in [0.25, 0.3) is 0 Å². The Morgan fingerprint density at radius 1 is 1.56 bits per heavy atom. The van der Waals surface area contributed by atoms with Crippen molar-refractivity contribution in [3.05, 3.63) is 15.8 Å². The fourth-order valence-electron chi connectivity index (χ4n) is 1.65. The van der Waals surface area contributed by atoms with Gasteiger partial charge in [0.05, 0.1) is 17.1 Å². The summed E-state index contributed by atoms with van der Waals surface area (Å²) >= 11 is 0. The van der Waals surface area contributed by atoms with Crippen molar-refractivity contribution in [2.75, 3.05) is 11.9 Å². The summed E-state index contributed by atoms with van der Waals surface area (Å²) in [4.78, 5) is 10.6. The van der Waals surface area contributed by atoms with Crippen molar-refractivity contribution >= 4 is 11.5 Å². The lowest BCUT2D eigenvalue weighted by molar-refractivity contribution is -0.384. The molecular formula is C11H20N4O3. The van der Waals surface area contributed by atoms with E-state index < -0.39 is 10.5 Å². The minimum absolute atomic E-state index is 0.0232. The Labute approximate surface area is 106 Å². The Bertz CT molecular complexity index is 440. The number of aliphatic hydroxyl groups is 1. The van der Waals surface area contributed by atoms with Gasteiger partial charge in [0, 0.05) is 6.54 Å². The van der Waals surface area contributed by atoms with E-state index in [4.69, 9.17) is 0 Å². The molecule has 0 saturated carbocycles. The predicted molar refractivity (Wildman–Crippen MR) is 68.7 cm³/mol. The first-order valence-corrected chi connectivity index (χ1v) is 5.93. The molecule has 1 aromatic heterocycles. The number of hydrogen-bond acceptors (Lipinski definition) is 5. The Hall–Kier alpha value is -1.63. The first kappa shape index (κ1) is 14.4. The second-order valence-electron chi connectivity index (χ2n) is 4.93. The summed E-state index contributed by atoms with van der Waals surface area (Å²) in [5.74, 6) is 0.360. The van der Waals surface area contributed by atoms with E-state index >= 15 is 0 Å². The van der Waals surface area contributed by atoms with Crippen LogP contribution in [0.4, 0.5) is 11.5 Å². The highest BCUT2D eigenvalue weighted by Crippen LogP contribution is 2.30. The molecular weight excluding hydrogens is 236 g/mol. The standard InChI is InChI=1S/C11H20N4O3/c1-5-6-14-10(12-11(3,4)7-16)9(15(17)18)8(2)13-14/h12,16H,5-7H2,1-4H3. The lowest BCUT2D eigenvalue weighted by Gasteiger charge is -2.24. The molecule has 0 fully saturated rings. The molecule has 1 heterocycles. The number of hydrogen-bond donors (Lipinski definition) is 2. The van der Waals surface area contributed by atoms with Crippen molar-refractivity contribution in [1.29, 1.82) is 0 Å². The van der Waals surface area contributed by atoms with E-state index in [0.717, 1.165) is 6.42 Å². The van der Waals surface area contributed by atoms with Gasteiger partial charge in [-0.1, -0.05) is 6.92 Å². The van der Waals surface area contributed by atoms with Crippen LogP contribution in [0.1, 0.15) is 32.9 Å². The van der Waals surface area contributed by atoms with E-state index in [9.17, 15) is 15.2 Å². The highest BCUT2D eigenvalue weighted by molar-refractivity contribution is 5.60. The maximum atomic E-state index is 11.1. The topological polar surface area (TPSA) is 93.2 Å². The van der Waals surface area contributed by atoms with Gasteiger partial charge in [0.15, 0.2) is 0 Å². The van der Waals surface area contributed by atoms with E-state index in [2.05, 4.69) is 10.4 Å². The molecule has 0 aliphatic rings. The summed E-state index contributed by atoms with van der Waals surface area (Å²) in [5, 5.41) is 27.5. The summed E-state index contributed by atoms with van der Waals surface area (Å²) in [7, 11) is 0. The molecule has 102 valence electrons. The Kier molecular flexibility index (Phi) is 4.28. The second-order valence-corrected chi connectivity index (χ2v) is 4.93. The van der Waals surface area contributed by atoms with Crippen LogP contribution in [0, 0.1) is 17.0 Å². The van der Waals surface area contributed by atoms with Crippen LogP contribution in [0.5, 0.6) is 0 Å². The van der Waals surface area contributed by atoms with Crippen molar-refractivity contribution < 1.29 is 10.0 Å². The van der Waals surface area contributed by atoms with Crippen LogP contribution >= 0.6 is 0 Å². The summed E-state index contributed by atoms with van der Waals surface area (Å²) < 4.78 is 1.59. The van der Waals surface area contributed by atoms with Gasteiger partial charge in [-0.05, 0) is 27.2 Å². The van der Waals surface area contributed by atoms with Crippen LogP contribution in [0.3, 0.4) is 0 Å². The largest absolute Gasteiger partial charge is 0.394 e. The average Bonchev–Trinajstić information content (AvgIpc) is 2.55. The third kappa shape index (κ3) is 2.98. The summed E-state index contributed by atoms with van der Waals surface area (Å²) in [5.41, 5.74) is -0.280. The second kappa shape index (κ2) is 5.34. The van der Waals surface area contributed by atoms with Gasteiger partial charge in [0.2, 0.25) is 5.82 Å². The molecule has 0 radical (unpaired) electrons. The maximum absolute atomic E-state index is 11.1. The molecule has 0 saturated heterocycles. The number of anilines is 1. The summed E-state index contributed by atoms with van der Waals surface area (Å²) in [6.45, 7) is 7.61. The fraction of sp³-hybridized carbons (Fsp3) is 0.727. The minimum atomic E-state index is -0.636.